The molecule has 1 aliphatic carbocycles. The third-order valence-electron chi connectivity index (χ3n) is 6.30. The maximum atomic E-state index is 12.9. The van der Waals surface area contributed by atoms with E-state index in [2.05, 4.69) is 20.9 Å². The highest BCUT2D eigenvalue weighted by molar-refractivity contribution is 5.96. The number of fused-ring (bicyclic) bond motifs is 1. The Kier molecular flexibility index (Phi) is 7.57. The number of carbonyl (C=O) groups is 3. The van der Waals surface area contributed by atoms with Gasteiger partial charge in [-0.2, -0.15) is 0 Å². The van der Waals surface area contributed by atoms with Gasteiger partial charge < -0.3 is 16.0 Å². The molecule has 0 saturated heterocycles. The molecule has 4 rings (SSSR count). The standard InChI is InChI=1S/C26H31N5O3/c1-27-25(33)19-11-13-20(14-12-19)30-24(32)15-21-17-31-22(9-6-10-23(31)29-21)26(34)28-16-18-7-4-2-3-5-8-18/h6,9-14,17-18H,2-5,7-8,15-16H2,1H3,(H,27,33)(H,28,34)(H,30,32). The van der Waals surface area contributed by atoms with Crippen molar-refractivity contribution in [1.29, 1.82) is 0 Å². The monoisotopic (exact) mass is 461 g/mol. The van der Waals surface area contributed by atoms with Crippen LogP contribution in [-0.2, 0) is 11.2 Å². The van der Waals surface area contributed by atoms with Gasteiger partial charge in [-0.15, -0.1) is 0 Å². The molecule has 1 saturated carbocycles. The molecular formula is C26H31N5O3. The molecule has 8 nitrogen and oxygen atoms in total. The molecule has 2 heterocycles. The summed E-state index contributed by atoms with van der Waals surface area (Å²) >= 11 is 0. The first-order valence-corrected chi connectivity index (χ1v) is 11.9. The van der Waals surface area contributed by atoms with E-state index in [1.54, 1.807) is 54.0 Å². The SMILES string of the molecule is CNC(=O)c1ccc(NC(=O)Cc2cn3c(C(=O)NCC4CCCCCC4)cccc3n2)cc1. The minimum absolute atomic E-state index is 0.0714. The largest absolute Gasteiger partial charge is 0.355 e. The second-order valence-electron chi connectivity index (χ2n) is 8.82. The van der Waals surface area contributed by atoms with Gasteiger partial charge in [0.25, 0.3) is 11.8 Å². The number of carbonyl (C=O) groups excluding carboxylic acids is 3. The van der Waals surface area contributed by atoms with Crippen molar-refractivity contribution >= 4 is 29.1 Å². The first-order valence-electron chi connectivity index (χ1n) is 11.9. The second kappa shape index (κ2) is 11.0. The van der Waals surface area contributed by atoms with Crippen LogP contribution in [-0.4, -0.2) is 40.7 Å². The van der Waals surface area contributed by atoms with Crippen molar-refractivity contribution in [2.24, 2.45) is 5.92 Å². The predicted octanol–water partition coefficient (Wildman–Crippen LogP) is 3.58. The first kappa shape index (κ1) is 23.5. The van der Waals surface area contributed by atoms with Gasteiger partial charge in [0.15, 0.2) is 0 Å². The van der Waals surface area contributed by atoms with Crippen molar-refractivity contribution in [3.8, 4) is 0 Å². The Morgan fingerprint density at radius 1 is 0.971 bits per heavy atom. The molecule has 0 unspecified atom stereocenters. The fourth-order valence-corrected chi connectivity index (χ4v) is 4.45. The van der Waals surface area contributed by atoms with E-state index >= 15 is 0 Å². The van der Waals surface area contributed by atoms with Gasteiger partial charge in [-0.1, -0.05) is 31.7 Å². The lowest BCUT2D eigenvalue weighted by Crippen LogP contribution is -2.30. The lowest BCUT2D eigenvalue weighted by molar-refractivity contribution is -0.115. The molecule has 3 amide bonds. The van der Waals surface area contributed by atoms with Crippen molar-refractivity contribution in [3.63, 3.8) is 0 Å². The van der Waals surface area contributed by atoms with E-state index < -0.39 is 0 Å². The maximum Gasteiger partial charge on any atom is 0.268 e. The quantitative estimate of drug-likeness (QED) is 0.468. The Bertz CT molecular complexity index is 1160. The van der Waals surface area contributed by atoms with Gasteiger partial charge in [0.05, 0.1) is 12.1 Å². The minimum Gasteiger partial charge on any atom is -0.355 e. The Morgan fingerprint density at radius 2 is 1.71 bits per heavy atom. The molecule has 178 valence electrons. The third-order valence-corrected chi connectivity index (χ3v) is 6.30. The molecule has 3 N–H and O–H groups in total. The predicted molar refractivity (Wildman–Crippen MR) is 131 cm³/mol. The van der Waals surface area contributed by atoms with Crippen LogP contribution in [0.15, 0.2) is 48.7 Å². The van der Waals surface area contributed by atoms with Crippen LogP contribution in [0.5, 0.6) is 0 Å². The Morgan fingerprint density at radius 3 is 2.41 bits per heavy atom. The van der Waals surface area contributed by atoms with Crippen LogP contribution in [0.25, 0.3) is 5.65 Å². The van der Waals surface area contributed by atoms with Crippen LogP contribution >= 0.6 is 0 Å². The van der Waals surface area contributed by atoms with Gasteiger partial charge in [-0.05, 0) is 55.2 Å². The molecule has 1 fully saturated rings. The molecule has 2 aromatic heterocycles. The number of nitrogens with one attached hydrogen (secondary N) is 3. The first-order chi connectivity index (χ1) is 16.5. The van der Waals surface area contributed by atoms with E-state index in [9.17, 15) is 14.4 Å². The van der Waals surface area contributed by atoms with Gasteiger partial charge in [0.1, 0.15) is 11.3 Å². The summed E-state index contributed by atoms with van der Waals surface area (Å²) in [6.45, 7) is 0.692. The average molecular weight is 462 g/mol. The number of aromatic nitrogens is 2. The highest BCUT2D eigenvalue weighted by Crippen LogP contribution is 2.22. The number of pyridine rings is 1. The lowest BCUT2D eigenvalue weighted by Gasteiger charge is -2.15. The summed E-state index contributed by atoms with van der Waals surface area (Å²) in [7, 11) is 1.57. The topological polar surface area (TPSA) is 105 Å². The summed E-state index contributed by atoms with van der Waals surface area (Å²) in [6, 6.07) is 12.1. The molecule has 3 aromatic rings. The maximum absolute atomic E-state index is 12.9. The van der Waals surface area contributed by atoms with Crippen molar-refractivity contribution in [3.05, 3.63) is 65.6 Å². The van der Waals surface area contributed by atoms with Crippen LogP contribution in [0.2, 0.25) is 0 Å². The molecule has 0 radical (unpaired) electrons. The molecule has 0 spiro atoms. The van der Waals surface area contributed by atoms with Crippen LogP contribution < -0.4 is 16.0 Å². The summed E-state index contributed by atoms with van der Waals surface area (Å²) < 4.78 is 1.74. The zero-order chi connectivity index (χ0) is 23.9. The summed E-state index contributed by atoms with van der Waals surface area (Å²) in [5.74, 6) is 0.00435. The highest BCUT2D eigenvalue weighted by Gasteiger charge is 2.17. The number of amides is 3. The molecule has 1 aliphatic rings. The number of hydrogen-bond acceptors (Lipinski definition) is 4. The molecular weight excluding hydrogens is 430 g/mol. The van der Waals surface area contributed by atoms with E-state index in [-0.39, 0.29) is 24.1 Å². The fourth-order valence-electron chi connectivity index (χ4n) is 4.45. The van der Waals surface area contributed by atoms with Crippen molar-refractivity contribution in [1.82, 2.24) is 20.0 Å². The summed E-state index contributed by atoms with van der Waals surface area (Å²) in [6.07, 6.45) is 9.20. The van der Waals surface area contributed by atoms with Gasteiger partial charge in [-0.25, -0.2) is 4.98 Å². The summed E-state index contributed by atoms with van der Waals surface area (Å²) in [5.41, 5.74) is 2.82. The summed E-state index contributed by atoms with van der Waals surface area (Å²) in [4.78, 5) is 41.6. The smallest absolute Gasteiger partial charge is 0.268 e. The number of imidazole rings is 1. The molecule has 34 heavy (non-hydrogen) atoms. The van der Waals surface area contributed by atoms with E-state index in [1.807, 2.05) is 6.07 Å². The van der Waals surface area contributed by atoms with Crippen molar-refractivity contribution < 1.29 is 14.4 Å². The average Bonchev–Trinajstić information content (AvgIpc) is 3.07. The zero-order valence-electron chi connectivity index (χ0n) is 19.5. The van der Waals surface area contributed by atoms with E-state index in [4.69, 9.17) is 0 Å². The van der Waals surface area contributed by atoms with Crippen LogP contribution in [0, 0.1) is 5.92 Å². The van der Waals surface area contributed by atoms with Gasteiger partial charge >= 0.3 is 0 Å². The third kappa shape index (κ3) is 5.81. The van der Waals surface area contributed by atoms with Gasteiger partial charge in [-0.3, -0.25) is 18.8 Å². The second-order valence-corrected chi connectivity index (χ2v) is 8.82. The highest BCUT2D eigenvalue weighted by atomic mass is 16.2. The van der Waals surface area contributed by atoms with E-state index in [1.165, 1.54) is 38.5 Å². The number of anilines is 1. The zero-order valence-corrected chi connectivity index (χ0v) is 19.5. The summed E-state index contributed by atoms with van der Waals surface area (Å²) in [5, 5.41) is 8.47. The Labute approximate surface area is 199 Å². The fraction of sp³-hybridized carbons (Fsp3) is 0.385. The number of benzene rings is 1. The van der Waals surface area contributed by atoms with Gasteiger partial charge in [0, 0.05) is 31.0 Å². The minimum atomic E-state index is -0.226. The van der Waals surface area contributed by atoms with Gasteiger partial charge in [0.2, 0.25) is 5.91 Å². The van der Waals surface area contributed by atoms with E-state index in [0.717, 1.165) is 0 Å². The van der Waals surface area contributed by atoms with Crippen molar-refractivity contribution in [2.45, 2.75) is 44.9 Å². The normalized spacial score (nSPS) is 14.4. The van der Waals surface area contributed by atoms with Crippen LogP contribution in [0.1, 0.15) is 65.1 Å². The Balaban J connectivity index is 1.39. The lowest BCUT2D eigenvalue weighted by atomic mass is 10.0. The van der Waals surface area contributed by atoms with Crippen LogP contribution in [0.4, 0.5) is 5.69 Å². The number of nitrogens with zero attached hydrogens (tertiary/aromatic N) is 2. The molecule has 1 aromatic carbocycles. The number of rotatable bonds is 7. The Hall–Kier alpha value is -3.68. The number of hydrogen-bond donors (Lipinski definition) is 3. The van der Waals surface area contributed by atoms with Crippen LogP contribution in [0.3, 0.4) is 0 Å². The molecule has 0 aliphatic heterocycles. The van der Waals surface area contributed by atoms with E-state index in [0.29, 0.717) is 40.7 Å². The molecule has 0 atom stereocenters. The molecule has 8 heteroatoms. The van der Waals surface area contributed by atoms with Crippen molar-refractivity contribution in [2.75, 3.05) is 18.9 Å². The molecule has 0 bridgehead atoms.